The summed E-state index contributed by atoms with van der Waals surface area (Å²) in [6.45, 7) is 3.20. The Hall–Kier alpha value is -3.16. The Bertz CT molecular complexity index is 919. The van der Waals surface area contributed by atoms with Gasteiger partial charge in [0.05, 0.1) is 23.9 Å². The van der Waals surface area contributed by atoms with Crippen LogP contribution in [0.2, 0.25) is 0 Å². The van der Waals surface area contributed by atoms with Crippen LogP contribution in [0.3, 0.4) is 0 Å². The summed E-state index contributed by atoms with van der Waals surface area (Å²) in [5.41, 5.74) is 4.29. The van der Waals surface area contributed by atoms with E-state index in [1.165, 1.54) is 7.11 Å². The molecule has 2 fully saturated rings. The van der Waals surface area contributed by atoms with Gasteiger partial charge in [-0.25, -0.2) is 4.79 Å². The number of rotatable bonds is 5. The van der Waals surface area contributed by atoms with Crippen LogP contribution in [0.1, 0.15) is 62.8 Å². The number of esters is 1. The van der Waals surface area contributed by atoms with Crippen molar-refractivity contribution in [3.05, 3.63) is 52.3 Å². The topological polar surface area (TPSA) is 113 Å². The number of aromatic nitrogens is 2. The number of nitrogens with one attached hydrogen (secondary N) is 1. The standard InChI is InChI=1S/C21H25N3O3.CH2O2/c1-13-18(19(23-22-13)16-6-7-16)20(25)24-9-8-15(12-24)10-14-4-3-5-17(11-14)21(26)27-2;2-1-3/h3-5,11,15-16H,6-10,12H2,1-2H3,(H,22,23);1H,(H,2,3). The lowest BCUT2D eigenvalue weighted by Crippen LogP contribution is -2.30. The van der Waals surface area contributed by atoms with Gasteiger partial charge in [-0.15, -0.1) is 0 Å². The lowest BCUT2D eigenvalue weighted by atomic mass is 9.97. The van der Waals surface area contributed by atoms with Gasteiger partial charge < -0.3 is 14.7 Å². The summed E-state index contributed by atoms with van der Waals surface area (Å²) in [4.78, 5) is 35.1. The highest BCUT2D eigenvalue weighted by atomic mass is 16.5. The third kappa shape index (κ3) is 4.87. The quantitative estimate of drug-likeness (QED) is 0.576. The van der Waals surface area contributed by atoms with Crippen molar-refractivity contribution in [2.75, 3.05) is 20.2 Å². The monoisotopic (exact) mass is 413 g/mol. The number of H-pyrrole nitrogens is 1. The first-order chi connectivity index (χ1) is 14.5. The molecule has 1 saturated carbocycles. The molecule has 2 heterocycles. The number of carboxylic acid groups (broad SMARTS) is 1. The molecule has 0 bridgehead atoms. The smallest absolute Gasteiger partial charge is 0.337 e. The van der Waals surface area contributed by atoms with Crippen molar-refractivity contribution < 1.29 is 24.2 Å². The largest absolute Gasteiger partial charge is 0.483 e. The highest BCUT2D eigenvalue weighted by Gasteiger charge is 2.35. The van der Waals surface area contributed by atoms with Gasteiger partial charge in [0.2, 0.25) is 0 Å². The van der Waals surface area contributed by atoms with Gasteiger partial charge in [-0.1, -0.05) is 12.1 Å². The van der Waals surface area contributed by atoms with E-state index in [9.17, 15) is 9.59 Å². The molecule has 30 heavy (non-hydrogen) atoms. The van der Waals surface area contributed by atoms with Crippen LogP contribution in [0.5, 0.6) is 0 Å². The Balaban J connectivity index is 0.000000806. The Morgan fingerprint density at radius 2 is 2.07 bits per heavy atom. The third-order valence-electron chi connectivity index (χ3n) is 5.60. The maximum Gasteiger partial charge on any atom is 0.337 e. The summed E-state index contributed by atoms with van der Waals surface area (Å²) in [5, 5.41) is 14.3. The predicted molar refractivity (Wildman–Crippen MR) is 109 cm³/mol. The number of amides is 1. The molecule has 160 valence electrons. The van der Waals surface area contributed by atoms with Crippen molar-refractivity contribution in [1.82, 2.24) is 15.1 Å². The van der Waals surface area contributed by atoms with E-state index < -0.39 is 0 Å². The van der Waals surface area contributed by atoms with E-state index in [0.29, 0.717) is 17.4 Å². The number of ether oxygens (including phenoxy) is 1. The van der Waals surface area contributed by atoms with E-state index in [-0.39, 0.29) is 18.3 Å². The summed E-state index contributed by atoms with van der Waals surface area (Å²) in [6, 6.07) is 7.57. The Morgan fingerprint density at radius 1 is 1.33 bits per heavy atom. The first-order valence-electron chi connectivity index (χ1n) is 10.1. The normalized spacial score (nSPS) is 17.8. The number of likely N-dealkylation sites (tertiary alicyclic amines) is 1. The minimum Gasteiger partial charge on any atom is -0.483 e. The Morgan fingerprint density at radius 3 is 2.73 bits per heavy atom. The maximum absolute atomic E-state index is 13.1. The molecule has 1 unspecified atom stereocenters. The first-order valence-corrected chi connectivity index (χ1v) is 10.1. The van der Waals surface area contributed by atoms with Crippen LogP contribution in [-0.2, 0) is 16.0 Å². The van der Waals surface area contributed by atoms with E-state index >= 15 is 0 Å². The summed E-state index contributed by atoms with van der Waals surface area (Å²) in [6.07, 6.45) is 4.09. The Labute approximate surface area is 175 Å². The fourth-order valence-electron chi connectivity index (χ4n) is 3.99. The zero-order valence-corrected chi connectivity index (χ0v) is 17.3. The molecule has 1 aromatic heterocycles. The van der Waals surface area contributed by atoms with Crippen LogP contribution in [-0.4, -0.2) is 58.8 Å². The number of benzene rings is 1. The summed E-state index contributed by atoms with van der Waals surface area (Å²) in [7, 11) is 1.39. The number of aromatic amines is 1. The number of carbonyl (C=O) groups is 3. The van der Waals surface area contributed by atoms with Gasteiger partial charge in [0.15, 0.2) is 0 Å². The number of carbonyl (C=O) groups excluding carboxylic acids is 2. The van der Waals surface area contributed by atoms with Crippen LogP contribution in [0.25, 0.3) is 0 Å². The second-order valence-corrected chi connectivity index (χ2v) is 7.79. The molecule has 1 amide bonds. The molecule has 2 aliphatic rings. The Kier molecular flexibility index (Phi) is 6.87. The molecule has 1 aromatic carbocycles. The zero-order valence-electron chi connectivity index (χ0n) is 17.3. The van der Waals surface area contributed by atoms with Crippen LogP contribution < -0.4 is 0 Å². The van der Waals surface area contributed by atoms with Gasteiger partial charge in [0.25, 0.3) is 12.4 Å². The maximum atomic E-state index is 13.1. The molecular formula is C22H27N3O5. The number of methoxy groups -OCH3 is 1. The molecule has 0 radical (unpaired) electrons. The number of nitrogens with zero attached hydrogens (tertiary/aromatic N) is 2. The van der Waals surface area contributed by atoms with Crippen molar-refractivity contribution in [3.8, 4) is 0 Å². The second kappa shape index (κ2) is 9.56. The minimum atomic E-state index is -0.317. The number of hydrogen-bond acceptors (Lipinski definition) is 5. The molecule has 1 saturated heterocycles. The highest BCUT2D eigenvalue weighted by molar-refractivity contribution is 5.97. The van der Waals surface area contributed by atoms with Crippen LogP contribution in [0.4, 0.5) is 0 Å². The van der Waals surface area contributed by atoms with Gasteiger partial charge in [0.1, 0.15) is 0 Å². The van der Waals surface area contributed by atoms with Crippen molar-refractivity contribution in [2.45, 2.75) is 38.5 Å². The molecular weight excluding hydrogens is 386 g/mol. The number of aryl methyl sites for hydroxylation is 1. The van der Waals surface area contributed by atoms with Crippen molar-refractivity contribution in [3.63, 3.8) is 0 Å². The van der Waals surface area contributed by atoms with Crippen molar-refractivity contribution >= 4 is 18.3 Å². The fraction of sp³-hybridized carbons (Fsp3) is 0.455. The summed E-state index contributed by atoms with van der Waals surface area (Å²) >= 11 is 0. The first kappa shape index (κ1) is 21.5. The molecule has 1 atom stereocenters. The molecule has 0 spiro atoms. The molecule has 1 aliphatic heterocycles. The van der Waals surface area contributed by atoms with Crippen molar-refractivity contribution in [1.29, 1.82) is 0 Å². The van der Waals surface area contributed by atoms with Crippen molar-refractivity contribution in [2.24, 2.45) is 5.92 Å². The van der Waals surface area contributed by atoms with Gasteiger partial charge in [0, 0.05) is 24.7 Å². The van der Waals surface area contributed by atoms with Crippen LogP contribution in [0.15, 0.2) is 24.3 Å². The average molecular weight is 413 g/mol. The second-order valence-electron chi connectivity index (χ2n) is 7.79. The third-order valence-corrected chi connectivity index (χ3v) is 5.60. The molecule has 2 aromatic rings. The lowest BCUT2D eigenvalue weighted by molar-refractivity contribution is -0.122. The lowest BCUT2D eigenvalue weighted by Gasteiger charge is -2.17. The predicted octanol–water partition coefficient (Wildman–Crippen LogP) is 2.79. The zero-order chi connectivity index (χ0) is 21.7. The van der Waals surface area contributed by atoms with E-state index in [2.05, 4.69) is 10.2 Å². The molecule has 4 rings (SSSR count). The van der Waals surface area contributed by atoms with Crippen LogP contribution in [0, 0.1) is 12.8 Å². The molecule has 8 nitrogen and oxygen atoms in total. The van der Waals surface area contributed by atoms with Gasteiger partial charge in [-0.2, -0.15) is 5.10 Å². The van der Waals surface area contributed by atoms with E-state index in [1.54, 1.807) is 6.07 Å². The fourth-order valence-corrected chi connectivity index (χ4v) is 3.99. The van der Waals surface area contributed by atoms with E-state index in [4.69, 9.17) is 14.6 Å². The van der Waals surface area contributed by atoms with Gasteiger partial charge in [-0.05, 0) is 56.2 Å². The minimum absolute atomic E-state index is 0.106. The molecule has 1 aliphatic carbocycles. The van der Waals surface area contributed by atoms with Gasteiger partial charge >= 0.3 is 5.97 Å². The van der Waals surface area contributed by atoms with E-state index in [0.717, 1.165) is 61.3 Å². The summed E-state index contributed by atoms with van der Waals surface area (Å²) in [5.74, 6) is 0.642. The molecule has 8 heteroatoms. The SMILES string of the molecule is COC(=O)c1cccc(CC2CCN(C(=O)c3c(C4CC4)n[nH]c3C)C2)c1.O=CO. The van der Waals surface area contributed by atoms with Crippen LogP contribution >= 0.6 is 0 Å². The summed E-state index contributed by atoms with van der Waals surface area (Å²) < 4.78 is 4.80. The van der Waals surface area contributed by atoms with Gasteiger partial charge in [-0.3, -0.25) is 14.7 Å². The number of hydrogen-bond donors (Lipinski definition) is 2. The molecule has 2 N–H and O–H groups in total. The average Bonchev–Trinajstić information content (AvgIpc) is 3.36. The van der Waals surface area contributed by atoms with E-state index in [1.807, 2.05) is 30.0 Å². The highest BCUT2D eigenvalue weighted by Crippen LogP contribution is 2.41.